The number of rotatable bonds is 7. The number of anilines is 1. The monoisotopic (exact) mass is 482 g/mol. The van der Waals surface area contributed by atoms with Gasteiger partial charge < -0.3 is 21.3 Å². The van der Waals surface area contributed by atoms with Crippen LogP contribution in [0, 0.1) is 18.3 Å². The lowest BCUT2D eigenvalue weighted by Gasteiger charge is -2.32. The van der Waals surface area contributed by atoms with Gasteiger partial charge in [0.1, 0.15) is 11.8 Å². The number of halogens is 3. The Morgan fingerprint density at radius 3 is 2.65 bits per heavy atom. The van der Waals surface area contributed by atoms with Crippen molar-refractivity contribution >= 4 is 29.1 Å². The van der Waals surface area contributed by atoms with E-state index in [2.05, 4.69) is 15.6 Å². The van der Waals surface area contributed by atoms with Crippen molar-refractivity contribution in [2.24, 2.45) is 11.7 Å². The molecule has 1 aliphatic carbocycles. The second-order valence-corrected chi connectivity index (χ2v) is 8.82. The minimum absolute atomic E-state index is 0.0681. The number of carbonyl (C=O) groups is 3. The van der Waals surface area contributed by atoms with Crippen LogP contribution in [0.15, 0.2) is 12.3 Å². The van der Waals surface area contributed by atoms with Crippen LogP contribution in [0.2, 0.25) is 0 Å². The number of hydrogen-bond donors (Lipinski definition) is 4. The molecule has 3 amide bonds. The smallest absolute Gasteiger partial charge is 0.374 e. The molecule has 1 aliphatic heterocycles. The predicted octanol–water partition coefficient (Wildman–Crippen LogP) is 1.88. The summed E-state index contributed by atoms with van der Waals surface area (Å²) in [7, 11) is 0. The van der Waals surface area contributed by atoms with Crippen LogP contribution in [0.3, 0.4) is 0 Å². The van der Waals surface area contributed by atoms with Gasteiger partial charge in [-0.05, 0) is 45.1 Å². The van der Waals surface area contributed by atoms with Crippen LogP contribution in [0.1, 0.15) is 49.8 Å². The van der Waals surface area contributed by atoms with E-state index < -0.39 is 41.7 Å². The number of aryl methyl sites for hydroxylation is 1. The summed E-state index contributed by atoms with van der Waals surface area (Å²) in [6.07, 6.45) is -1.07. The maximum absolute atomic E-state index is 13.1. The summed E-state index contributed by atoms with van der Waals surface area (Å²) in [5, 5.41) is 13.5. The van der Waals surface area contributed by atoms with Crippen LogP contribution >= 0.6 is 0 Å². The van der Waals surface area contributed by atoms with Gasteiger partial charge in [0.05, 0.1) is 24.3 Å². The van der Waals surface area contributed by atoms with E-state index in [1.807, 2.05) is 0 Å². The summed E-state index contributed by atoms with van der Waals surface area (Å²) >= 11 is 0. The molecule has 1 saturated carbocycles. The molecule has 34 heavy (non-hydrogen) atoms. The summed E-state index contributed by atoms with van der Waals surface area (Å²) in [6, 6.07) is 0.189. The maximum Gasteiger partial charge on any atom is 0.391 e. The van der Waals surface area contributed by atoms with Crippen LogP contribution in [0.5, 0.6) is 0 Å². The molecule has 9 nitrogen and oxygen atoms in total. The Morgan fingerprint density at radius 1 is 1.24 bits per heavy atom. The Labute approximate surface area is 195 Å². The number of nitrogens with one attached hydrogen (secondary N) is 3. The normalized spacial score (nSPS) is 22.8. The third-order valence-corrected chi connectivity index (χ3v) is 6.35. The Bertz CT molecular complexity index is 968. The van der Waals surface area contributed by atoms with E-state index in [-0.39, 0.29) is 36.5 Å². The number of amides is 3. The van der Waals surface area contributed by atoms with Crippen LogP contribution < -0.4 is 16.4 Å². The molecule has 3 rings (SSSR count). The fourth-order valence-electron chi connectivity index (χ4n) is 4.57. The lowest BCUT2D eigenvalue weighted by atomic mass is 9.85. The number of hydrogen-bond acceptors (Lipinski definition) is 6. The van der Waals surface area contributed by atoms with E-state index in [0.29, 0.717) is 37.9 Å². The fourth-order valence-corrected chi connectivity index (χ4v) is 4.57. The van der Waals surface area contributed by atoms with Gasteiger partial charge in [-0.2, -0.15) is 13.2 Å². The highest BCUT2D eigenvalue weighted by atomic mass is 19.4. The highest BCUT2D eigenvalue weighted by molar-refractivity contribution is 6.44. The Balaban J connectivity index is 1.61. The molecule has 3 atom stereocenters. The number of likely N-dealkylation sites (tertiary alicyclic amines) is 1. The number of nitrogens with zero attached hydrogens (tertiary/aromatic N) is 2. The third-order valence-electron chi connectivity index (χ3n) is 6.35. The summed E-state index contributed by atoms with van der Waals surface area (Å²) in [5.41, 5.74) is 5.83. The van der Waals surface area contributed by atoms with Crippen molar-refractivity contribution in [1.82, 2.24) is 15.2 Å². The highest BCUT2D eigenvalue weighted by Gasteiger charge is 2.43. The van der Waals surface area contributed by atoms with Crippen molar-refractivity contribution in [3.05, 3.63) is 23.5 Å². The largest absolute Gasteiger partial charge is 0.391 e. The molecule has 5 N–H and O–H groups in total. The van der Waals surface area contributed by atoms with Crippen molar-refractivity contribution in [2.75, 3.05) is 18.4 Å². The predicted molar refractivity (Wildman–Crippen MR) is 118 cm³/mol. The number of carbonyl (C=O) groups excluding carboxylic acids is 3. The van der Waals surface area contributed by atoms with Gasteiger partial charge in [-0.25, -0.2) is 0 Å². The zero-order valence-corrected chi connectivity index (χ0v) is 18.9. The molecular weight excluding hydrogens is 453 g/mol. The number of primary amides is 1. The van der Waals surface area contributed by atoms with Crippen LogP contribution in [-0.2, 0) is 14.4 Å². The quantitative estimate of drug-likeness (QED) is 0.439. The molecule has 1 aromatic heterocycles. The first-order valence-corrected chi connectivity index (χ1v) is 11.2. The van der Waals surface area contributed by atoms with E-state index in [1.165, 1.54) is 17.2 Å². The molecule has 0 radical (unpaired) electrons. The first-order valence-electron chi connectivity index (χ1n) is 11.2. The van der Waals surface area contributed by atoms with Gasteiger partial charge in [0.25, 0.3) is 5.91 Å². The molecule has 1 saturated heterocycles. The van der Waals surface area contributed by atoms with Crippen molar-refractivity contribution in [1.29, 1.82) is 5.41 Å². The highest BCUT2D eigenvalue weighted by Crippen LogP contribution is 2.37. The summed E-state index contributed by atoms with van der Waals surface area (Å²) in [5.74, 6) is -3.17. The average molecular weight is 483 g/mol. The van der Waals surface area contributed by atoms with Gasteiger partial charge in [-0.3, -0.25) is 24.8 Å². The fraction of sp³-hybridized carbons (Fsp3) is 0.591. The zero-order valence-electron chi connectivity index (χ0n) is 18.9. The number of pyridine rings is 1. The number of nitrogens with two attached hydrogens (primary N) is 1. The van der Waals surface area contributed by atoms with Crippen molar-refractivity contribution < 1.29 is 27.6 Å². The molecule has 186 valence electrons. The standard InChI is InChI=1S/C22H29F3N6O3/c1-12-8-15(19(26)20(27)33)16(10-28-12)29-11-18(32)31-7-3-6-17(31)21(34)30-14-5-2-4-13(9-14)22(23,24)25/h8,10,13-14,17,26,29H,2-7,9,11H2,1H3,(H2,27,33)(H,30,34)/t13-,14?,17-/m0/s1. The van der Waals surface area contributed by atoms with Crippen molar-refractivity contribution in [3.8, 4) is 0 Å². The molecule has 2 fully saturated rings. The van der Waals surface area contributed by atoms with E-state index in [4.69, 9.17) is 11.1 Å². The van der Waals surface area contributed by atoms with Gasteiger partial charge in [0, 0.05) is 23.8 Å². The maximum atomic E-state index is 13.1. The molecule has 2 aliphatic rings. The van der Waals surface area contributed by atoms with E-state index in [0.717, 1.165) is 0 Å². The Hall–Kier alpha value is -3.18. The number of aromatic nitrogens is 1. The number of alkyl halides is 3. The van der Waals surface area contributed by atoms with Crippen LogP contribution in [0.4, 0.5) is 18.9 Å². The summed E-state index contributed by atoms with van der Waals surface area (Å²) < 4.78 is 39.2. The molecule has 0 aromatic carbocycles. The first-order chi connectivity index (χ1) is 16.0. The molecule has 2 heterocycles. The first kappa shape index (κ1) is 25.4. The van der Waals surface area contributed by atoms with E-state index >= 15 is 0 Å². The van der Waals surface area contributed by atoms with Gasteiger partial charge in [0.15, 0.2) is 0 Å². The van der Waals surface area contributed by atoms with Gasteiger partial charge in [0.2, 0.25) is 11.8 Å². The Morgan fingerprint density at radius 2 is 1.97 bits per heavy atom. The van der Waals surface area contributed by atoms with Gasteiger partial charge in [-0.1, -0.05) is 6.42 Å². The second-order valence-electron chi connectivity index (χ2n) is 8.82. The van der Waals surface area contributed by atoms with Crippen LogP contribution in [-0.4, -0.2) is 64.7 Å². The zero-order chi connectivity index (χ0) is 25.0. The van der Waals surface area contributed by atoms with Gasteiger partial charge >= 0.3 is 6.18 Å². The topological polar surface area (TPSA) is 141 Å². The molecule has 1 aromatic rings. The minimum Gasteiger partial charge on any atom is -0.374 e. The molecular formula is C22H29F3N6O3. The molecule has 12 heteroatoms. The SMILES string of the molecule is Cc1cc(C(=N)C(N)=O)c(NCC(=O)N2CCC[C@H]2C(=O)NC2CCC[C@H](C(F)(F)F)C2)cn1. The average Bonchev–Trinajstić information content (AvgIpc) is 3.27. The van der Waals surface area contributed by atoms with Crippen molar-refractivity contribution in [3.63, 3.8) is 0 Å². The lowest BCUT2D eigenvalue weighted by molar-refractivity contribution is -0.184. The summed E-state index contributed by atoms with van der Waals surface area (Å²) in [4.78, 5) is 42.6. The molecule has 0 spiro atoms. The van der Waals surface area contributed by atoms with E-state index in [9.17, 15) is 27.6 Å². The second kappa shape index (κ2) is 10.4. The minimum atomic E-state index is -4.28. The van der Waals surface area contributed by atoms with Crippen molar-refractivity contribution in [2.45, 2.75) is 63.7 Å². The third kappa shape index (κ3) is 6.03. The molecule has 1 unspecified atom stereocenters. The molecule has 0 bridgehead atoms. The van der Waals surface area contributed by atoms with Gasteiger partial charge in [-0.15, -0.1) is 0 Å². The summed E-state index contributed by atoms with van der Waals surface area (Å²) in [6.45, 7) is 1.82. The van der Waals surface area contributed by atoms with E-state index in [1.54, 1.807) is 6.92 Å². The Kier molecular flexibility index (Phi) is 7.78. The lowest BCUT2D eigenvalue weighted by Crippen LogP contribution is -2.51. The van der Waals surface area contributed by atoms with Crippen LogP contribution in [0.25, 0.3) is 0 Å².